The smallest absolute Gasteiger partial charge is 0.306 e. The predicted molar refractivity (Wildman–Crippen MR) is 108 cm³/mol. The maximum atomic E-state index is 12.5. The van der Waals surface area contributed by atoms with Gasteiger partial charge in [0.25, 0.3) is 0 Å². The van der Waals surface area contributed by atoms with Crippen LogP contribution in [0.15, 0.2) is 0 Å². The third-order valence-corrected chi connectivity index (χ3v) is 3.79. The maximum absolute atomic E-state index is 12.5. The minimum Gasteiger partial charge on any atom is -0.460 e. The van der Waals surface area contributed by atoms with Crippen molar-refractivity contribution < 1.29 is 23.9 Å². The lowest BCUT2D eigenvalue weighted by Crippen LogP contribution is -2.53. The molecule has 0 unspecified atom stereocenters. The number of esters is 1. The lowest BCUT2D eigenvalue weighted by molar-refractivity contribution is -0.155. The SMILES string of the molecule is CCN[C@@H](CCC(=O)OC(C)(C)C)C(=O)N[C@@H](C)C(=O)N[C@H](C=O)CC(C)C. The maximum Gasteiger partial charge on any atom is 0.306 e. The van der Waals surface area contributed by atoms with E-state index in [1.54, 1.807) is 27.7 Å². The predicted octanol–water partition coefficient (Wildman–Crippen LogP) is 1.32. The van der Waals surface area contributed by atoms with Gasteiger partial charge >= 0.3 is 5.97 Å². The third kappa shape index (κ3) is 11.7. The summed E-state index contributed by atoms with van der Waals surface area (Å²) in [6, 6.07) is -2.00. The Morgan fingerprint density at radius 2 is 1.64 bits per heavy atom. The normalized spacial score (nSPS) is 14.7. The van der Waals surface area contributed by atoms with Crippen molar-refractivity contribution in [1.82, 2.24) is 16.0 Å². The number of ether oxygens (including phenoxy) is 1. The average Bonchev–Trinajstić information content (AvgIpc) is 2.55. The minimum absolute atomic E-state index is 0.0878. The number of rotatable bonds is 12. The van der Waals surface area contributed by atoms with Crippen LogP contribution in [0.3, 0.4) is 0 Å². The summed E-state index contributed by atoms with van der Waals surface area (Å²) in [5.74, 6) is -0.920. The highest BCUT2D eigenvalue weighted by molar-refractivity contribution is 5.90. The number of aldehydes is 1. The average molecular weight is 400 g/mol. The number of amides is 2. The van der Waals surface area contributed by atoms with E-state index >= 15 is 0 Å². The van der Waals surface area contributed by atoms with Gasteiger partial charge in [-0.2, -0.15) is 0 Å². The number of likely N-dealkylation sites (N-methyl/N-ethyl adjacent to an activating group) is 1. The van der Waals surface area contributed by atoms with Crippen LogP contribution >= 0.6 is 0 Å². The Hall–Kier alpha value is -1.96. The lowest BCUT2D eigenvalue weighted by atomic mass is 10.0. The second-order valence-electron chi connectivity index (χ2n) is 8.35. The largest absolute Gasteiger partial charge is 0.460 e. The fraction of sp³-hybridized carbons (Fsp3) is 0.800. The van der Waals surface area contributed by atoms with Crippen molar-refractivity contribution >= 4 is 24.1 Å². The number of hydrogen-bond donors (Lipinski definition) is 3. The molecular formula is C20H37N3O5. The molecule has 0 rings (SSSR count). The molecule has 162 valence electrons. The van der Waals surface area contributed by atoms with E-state index in [1.165, 1.54) is 0 Å². The van der Waals surface area contributed by atoms with Crippen molar-refractivity contribution in [3.05, 3.63) is 0 Å². The van der Waals surface area contributed by atoms with Gasteiger partial charge in [0.15, 0.2) is 0 Å². The van der Waals surface area contributed by atoms with Gasteiger partial charge in [0.05, 0.1) is 12.1 Å². The molecule has 3 N–H and O–H groups in total. The number of carbonyl (C=O) groups excluding carboxylic acids is 4. The summed E-state index contributed by atoms with van der Waals surface area (Å²) >= 11 is 0. The molecule has 0 saturated heterocycles. The molecule has 0 heterocycles. The van der Waals surface area contributed by atoms with Crippen LogP contribution < -0.4 is 16.0 Å². The first-order chi connectivity index (χ1) is 12.9. The summed E-state index contributed by atoms with van der Waals surface area (Å²) < 4.78 is 5.26. The molecule has 0 spiro atoms. The van der Waals surface area contributed by atoms with Crippen molar-refractivity contribution in [1.29, 1.82) is 0 Å². The molecule has 0 aliphatic rings. The van der Waals surface area contributed by atoms with Crippen LogP contribution in [-0.2, 0) is 23.9 Å². The monoisotopic (exact) mass is 399 g/mol. The van der Waals surface area contributed by atoms with Gasteiger partial charge in [-0.15, -0.1) is 0 Å². The summed E-state index contributed by atoms with van der Waals surface area (Å²) in [5, 5.41) is 8.29. The Kier molecular flexibility index (Phi) is 11.6. The molecule has 0 aromatic carbocycles. The van der Waals surface area contributed by atoms with Gasteiger partial charge in [-0.1, -0.05) is 20.8 Å². The molecule has 2 amide bonds. The molecule has 8 nitrogen and oxygen atoms in total. The van der Waals surface area contributed by atoms with Gasteiger partial charge in [-0.3, -0.25) is 14.4 Å². The van der Waals surface area contributed by atoms with E-state index in [0.717, 1.165) is 0 Å². The summed E-state index contributed by atoms with van der Waals surface area (Å²) in [4.78, 5) is 47.7. The standard InChI is InChI=1S/C20H37N3O5/c1-8-21-16(9-10-17(25)28-20(5,6)7)19(27)22-14(4)18(26)23-15(12-24)11-13(2)3/h12-16,21H,8-11H2,1-7H3,(H,22,27)(H,23,26)/t14-,15-,16-/m0/s1. The Balaban J connectivity index is 4.70. The molecule has 0 aliphatic heterocycles. The molecule has 28 heavy (non-hydrogen) atoms. The second kappa shape index (κ2) is 12.5. The minimum atomic E-state index is -0.801. The van der Waals surface area contributed by atoms with Crippen LogP contribution in [-0.4, -0.2) is 54.3 Å². The molecule has 8 heteroatoms. The van der Waals surface area contributed by atoms with E-state index in [0.29, 0.717) is 19.3 Å². The molecule has 0 bridgehead atoms. The summed E-state index contributed by atoms with van der Waals surface area (Å²) in [6.45, 7) is 13.2. The van der Waals surface area contributed by atoms with E-state index in [1.807, 2.05) is 20.8 Å². The van der Waals surface area contributed by atoms with Gasteiger partial charge in [0.1, 0.15) is 17.9 Å². The highest BCUT2D eigenvalue weighted by atomic mass is 16.6. The zero-order chi connectivity index (χ0) is 21.9. The van der Waals surface area contributed by atoms with Crippen molar-refractivity contribution in [2.75, 3.05) is 6.54 Å². The first-order valence-electron chi connectivity index (χ1n) is 9.90. The summed E-state index contributed by atoms with van der Waals surface area (Å²) in [5.41, 5.74) is -0.579. The highest BCUT2D eigenvalue weighted by Gasteiger charge is 2.25. The van der Waals surface area contributed by atoms with Crippen molar-refractivity contribution in [3.8, 4) is 0 Å². The summed E-state index contributed by atoms with van der Waals surface area (Å²) in [7, 11) is 0. The lowest BCUT2D eigenvalue weighted by Gasteiger charge is -2.23. The number of hydrogen-bond acceptors (Lipinski definition) is 6. The molecule has 3 atom stereocenters. The fourth-order valence-corrected chi connectivity index (χ4v) is 2.57. The molecule has 0 aliphatic carbocycles. The number of carbonyl (C=O) groups is 4. The number of nitrogens with one attached hydrogen (secondary N) is 3. The summed E-state index contributed by atoms with van der Waals surface area (Å²) in [6.07, 6.45) is 1.58. The quantitative estimate of drug-likeness (QED) is 0.337. The molecular weight excluding hydrogens is 362 g/mol. The van der Waals surface area contributed by atoms with Crippen LogP contribution in [0, 0.1) is 5.92 Å². The van der Waals surface area contributed by atoms with E-state index in [2.05, 4.69) is 16.0 Å². The van der Waals surface area contributed by atoms with Crippen molar-refractivity contribution in [2.24, 2.45) is 5.92 Å². The van der Waals surface area contributed by atoms with Crippen LogP contribution in [0.4, 0.5) is 0 Å². The first kappa shape index (κ1) is 26.0. The van der Waals surface area contributed by atoms with Gasteiger partial charge in [0, 0.05) is 6.42 Å². The van der Waals surface area contributed by atoms with Crippen LogP contribution in [0.1, 0.15) is 67.7 Å². The van der Waals surface area contributed by atoms with Crippen LogP contribution in [0.5, 0.6) is 0 Å². The Labute approximate surface area is 168 Å². The van der Waals surface area contributed by atoms with Gasteiger partial charge in [0.2, 0.25) is 11.8 Å². The van der Waals surface area contributed by atoms with Gasteiger partial charge < -0.3 is 25.5 Å². The Morgan fingerprint density at radius 3 is 2.11 bits per heavy atom. The van der Waals surface area contributed by atoms with E-state index in [-0.39, 0.29) is 30.6 Å². The molecule has 0 fully saturated rings. The van der Waals surface area contributed by atoms with E-state index < -0.39 is 29.6 Å². The Morgan fingerprint density at radius 1 is 1.04 bits per heavy atom. The first-order valence-corrected chi connectivity index (χ1v) is 9.90. The van der Waals surface area contributed by atoms with E-state index in [4.69, 9.17) is 4.74 Å². The second-order valence-corrected chi connectivity index (χ2v) is 8.35. The fourth-order valence-electron chi connectivity index (χ4n) is 2.57. The van der Waals surface area contributed by atoms with Crippen molar-refractivity contribution in [3.63, 3.8) is 0 Å². The molecule has 0 saturated carbocycles. The van der Waals surface area contributed by atoms with Crippen LogP contribution in [0.2, 0.25) is 0 Å². The third-order valence-electron chi connectivity index (χ3n) is 3.79. The highest BCUT2D eigenvalue weighted by Crippen LogP contribution is 2.10. The molecule has 0 aromatic heterocycles. The zero-order valence-electron chi connectivity index (χ0n) is 18.3. The van der Waals surface area contributed by atoms with E-state index in [9.17, 15) is 19.2 Å². The zero-order valence-corrected chi connectivity index (χ0v) is 18.3. The van der Waals surface area contributed by atoms with Crippen molar-refractivity contribution in [2.45, 2.75) is 91.5 Å². The van der Waals surface area contributed by atoms with Crippen LogP contribution in [0.25, 0.3) is 0 Å². The van der Waals surface area contributed by atoms with Gasteiger partial charge in [-0.05, 0) is 53.0 Å². The Bertz CT molecular complexity index is 528. The topological polar surface area (TPSA) is 114 Å². The molecule has 0 aromatic rings. The molecule has 0 radical (unpaired) electrons. The van der Waals surface area contributed by atoms with Gasteiger partial charge in [-0.25, -0.2) is 0 Å².